The molecule has 1 aliphatic carbocycles. The van der Waals surface area contributed by atoms with Gasteiger partial charge in [0, 0.05) is 24.9 Å². The van der Waals surface area contributed by atoms with E-state index < -0.39 is 0 Å². The van der Waals surface area contributed by atoms with Crippen molar-refractivity contribution in [3.63, 3.8) is 0 Å². The second kappa shape index (κ2) is 11.9. The van der Waals surface area contributed by atoms with Crippen LogP contribution in [-0.4, -0.2) is 51.2 Å². The molecular formula is C29H36N4O3S. The van der Waals surface area contributed by atoms with Crippen LogP contribution in [0.3, 0.4) is 0 Å². The molecule has 1 amide bonds. The Kier molecular flexibility index (Phi) is 8.69. The lowest BCUT2D eigenvalue weighted by Gasteiger charge is -2.23. The normalized spacial score (nSPS) is 19.3. The van der Waals surface area contributed by atoms with Crippen molar-refractivity contribution < 1.29 is 14.3 Å². The molecule has 1 saturated carbocycles. The molecule has 196 valence electrons. The molecule has 0 saturated heterocycles. The SMILES string of the molecule is C=CCCCCN(C)C(=O)[C@@H]1C[C@H](Oc2nc(-c3nc(C(C)C)cs3)nc3ccccc23)C[C@H]1C(C)=O. The summed E-state index contributed by atoms with van der Waals surface area (Å²) < 4.78 is 6.45. The fourth-order valence-electron chi connectivity index (χ4n) is 4.89. The summed E-state index contributed by atoms with van der Waals surface area (Å²) in [7, 11) is 1.82. The van der Waals surface area contributed by atoms with Gasteiger partial charge in [0.05, 0.1) is 22.5 Å². The number of ketones is 1. The van der Waals surface area contributed by atoms with Gasteiger partial charge in [0.15, 0.2) is 10.8 Å². The van der Waals surface area contributed by atoms with Crippen LogP contribution in [-0.2, 0) is 9.59 Å². The molecule has 3 atom stereocenters. The second-order valence-corrected chi connectivity index (χ2v) is 11.0. The summed E-state index contributed by atoms with van der Waals surface area (Å²) in [6.07, 6.45) is 5.44. The molecule has 1 fully saturated rings. The summed E-state index contributed by atoms with van der Waals surface area (Å²) >= 11 is 1.52. The summed E-state index contributed by atoms with van der Waals surface area (Å²) in [6, 6.07) is 7.74. The molecule has 37 heavy (non-hydrogen) atoms. The third-order valence-corrected chi connectivity index (χ3v) is 7.89. The molecule has 7 nitrogen and oxygen atoms in total. The topological polar surface area (TPSA) is 85.3 Å². The number of carbonyl (C=O) groups is 2. The molecule has 1 aromatic carbocycles. The smallest absolute Gasteiger partial charge is 0.226 e. The molecule has 4 rings (SSSR count). The van der Waals surface area contributed by atoms with Crippen LogP contribution in [0.2, 0.25) is 0 Å². The van der Waals surface area contributed by atoms with Crippen molar-refractivity contribution in [2.24, 2.45) is 11.8 Å². The Morgan fingerprint density at radius 3 is 2.62 bits per heavy atom. The number of benzene rings is 1. The number of aromatic nitrogens is 3. The van der Waals surface area contributed by atoms with E-state index in [1.54, 1.807) is 11.8 Å². The minimum Gasteiger partial charge on any atom is -0.474 e. The highest BCUT2D eigenvalue weighted by molar-refractivity contribution is 7.13. The van der Waals surface area contributed by atoms with Gasteiger partial charge in [-0.15, -0.1) is 17.9 Å². The highest BCUT2D eigenvalue weighted by Gasteiger charge is 2.43. The van der Waals surface area contributed by atoms with Crippen LogP contribution < -0.4 is 4.74 Å². The quantitative estimate of drug-likeness (QED) is 0.226. The number of Topliss-reactive ketones (excluding diaryl/α,β-unsaturated/α-hetero) is 1. The van der Waals surface area contributed by atoms with Crippen molar-refractivity contribution in [3.05, 3.63) is 48.0 Å². The molecule has 2 heterocycles. The molecule has 0 unspecified atom stereocenters. The van der Waals surface area contributed by atoms with Gasteiger partial charge in [0.25, 0.3) is 0 Å². The van der Waals surface area contributed by atoms with E-state index in [9.17, 15) is 9.59 Å². The van der Waals surface area contributed by atoms with Crippen LogP contribution in [0, 0.1) is 11.8 Å². The molecule has 1 aliphatic rings. The number of para-hydroxylation sites is 1. The Morgan fingerprint density at radius 2 is 1.92 bits per heavy atom. The second-order valence-electron chi connectivity index (χ2n) is 10.2. The molecule has 3 aromatic rings. The van der Waals surface area contributed by atoms with Gasteiger partial charge in [-0.2, -0.15) is 4.98 Å². The van der Waals surface area contributed by atoms with Crippen molar-refractivity contribution >= 4 is 33.9 Å². The van der Waals surface area contributed by atoms with Gasteiger partial charge in [0.2, 0.25) is 11.8 Å². The summed E-state index contributed by atoms with van der Waals surface area (Å²) in [5, 5.41) is 3.59. The lowest BCUT2D eigenvalue weighted by atomic mass is 9.91. The maximum Gasteiger partial charge on any atom is 0.226 e. The molecule has 0 N–H and O–H groups in total. The summed E-state index contributed by atoms with van der Waals surface area (Å²) in [6.45, 7) is 10.2. The number of thiazole rings is 1. The minimum absolute atomic E-state index is 0.0159. The Morgan fingerprint density at radius 1 is 1.16 bits per heavy atom. The number of fused-ring (bicyclic) bond motifs is 1. The zero-order chi connectivity index (χ0) is 26.5. The van der Waals surface area contributed by atoms with Crippen molar-refractivity contribution in [1.82, 2.24) is 19.9 Å². The van der Waals surface area contributed by atoms with Gasteiger partial charge in [-0.05, 0) is 57.1 Å². The standard InChI is InChI=1S/C29H36N4O3S/c1-6-7-8-11-14-33(5)29(35)23-16-20(15-22(23)19(4)34)36-27-21-12-9-10-13-24(21)30-26(32-27)28-31-25(17-37-28)18(2)3/h6,9-10,12-13,17-18,20,22-23H,1,7-8,11,14-16H2,2-5H3/t20-,22+,23-/m1/s1. The highest BCUT2D eigenvalue weighted by atomic mass is 32.1. The van der Waals surface area contributed by atoms with Crippen LogP contribution in [0.5, 0.6) is 5.88 Å². The zero-order valence-electron chi connectivity index (χ0n) is 22.1. The number of hydrogen-bond acceptors (Lipinski definition) is 7. The Labute approximate surface area is 223 Å². The third kappa shape index (κ3) is 6.24. The summed E-state index contributed by atoms with van der Waals surface area (Å²) in [5.41, 5.74) is 1.78. The number of nitrogens with zero attached hydrogens (tertiary/aromatic N) is 4. The van der Waals surface area contributed by atoms with E-state index in [0.29, 0.717) is 37.0 Å². The van der Waals surface area contributed by atoms with Gasteiger partial charge in [-0.1, -0.05) is 32.1 Å². The number of hydrogen-bond donors (Lipinski definition) is 0. The van der Waals surface area contributed by atoms with E-state index in [4.69, 9.17) is 19.7 Å². The van der Waals surface area contributed by atoms with E-state index >= 15 is 0 Å². The van der Waals surface area contributed by atoms with E-state index in [-0.39, 0.29) is 29.6 Å². The molecular weight excluding hydrogens is 484 g/mol. The largest absolute Gasteiger partial charge is 0.474 e. The van der Waals surface area contributed by atoms with Crippen molar-refractivity contribution in [3.8, 4) is 16.7 Å². The van der Waals surface area contributed by atoms with Crippen molar-refractivity contribution in [2.75, 3.05) is 13.6 Å². The molecule has 2 aromatic heterocycles. The average molecular weight is 521 g/mol. The number of carbonyl (C=O) groups excluding carboxylic acids is 2. The van der Waals surface area contributed by atoms with Gasteiger partial charge < -0.3 is 9.64 Å². The first-order chi connectivity index (χ1) is 17.8. The molecule has 0 spiro atoms. The van der Waals surface area contributed by atoms with E-state index in [1.807, 2.05) is 42.8 Å². The Hall–Kier alpha value is -3.13. The zero-order valence-corrected chi connectivity index (χ0v) is 23.0. The summed E-state index contributed by atoms with van der Waals surface area (Å²) in [5.74, 6) is 0.626. The number of unbranched alkanes of at least 4 members (excludes halogenated alkanes) is 2. The van der Waals surface area contributed by atoms with Crippen LogP contribution in [0.25, 0.3) is 21.7 Å². The first-order valence-electron chi connectivity index (χ1n) is 13.0. The number of allylic oxidation sites excluding steroid dienone is 1. The lowest BCUT2D eigenvalue weighted by molar-refractivity contribution is -0.138. The monoisotopic (exact) mass is 520 g/mol. The fraction of sp³-hybridized carbons (Fsp3) is 0.483. The maximum absolute atomic E-state index is 13.3. The fourth-order valence-corrected chi connectivity index (χ4v) is 5.80. The Bertz CT molecular complexity index is 1270. The first-order valence-corrected chi connectivity index (χ1v) is 13.9. The van der Waals surface area contributed by atoms with E-state index in [2.05, 4.69) is 20.4 Å². The van der Waals surface area contributed by atoms with Crippen LogP contribution in [0.1, 0.15) is 64.5 Å². The van der Waals surface area contributed by atoms with Gasteiger partial charge in [-0.3, -0.25) is 9.59 Å². The van der Waals surface area contributed by atoms with Gasteiger partial charge in [0.1, 0.15) is 11.9 Å². The van der Waals surface area contributed by atoms with Crippen molar-refractivity contribution in [2.45, 2.75) is 64.9 Å². The number of ether oxygens (including phenoxy) is 1. The highest BCUT2D eigenvalue weighted by Crippen LogP contribution is 2.38. The van der Waals surface area contributed by atoms with Gasteiger partial charge >= 0.3 is 0 Å². The molecule has 0 aliphatic heterocycles. The number of rotatable bonds is 11. The van der Waals surface area contributed by atoms with Gasteiger partial charge in [-0.25, -0.2) is 9.97 Å². The lowest BCUT2D eigenvalue weighted by Crippen LogP contribution is -2.37. The molecule has 0 bridgehead atoms. The first kappa shape index (κ1) is 26.9. The predicted molar refractivity (Wildman–Crippen MR) is 148 cm³/mol. The maximum atomic E-state index is 13.3. The van der Waals surface area contributed by atoms with Crippen molar-refractivity contribution in [1.29, 1.82) is 0 Å². The van der Waals surface area contributed by atoms with Crippen LogP contribution >= 0.6 is 11.3 Å². The third-order valence-electron chi connectivity index (χ3n) is 7.04. The minimum atomic E-state index is -0.382. The van der Waals surface area contributed by atoms with E-state index in [0.717, 1.165) is 40.9 Å². The predicted octanol–water partition coefficient (Wildman–Crippen LogP) is 6.05. The van der Waals surface area contributed by atoms with E-state index in [1.165, 1.54) is 11.3 Å². The molecule has 0 radical (unpaired) electrons. The Balaban J connectivity index is 1.56. The van der Waals surface area contributed by atoms with Crippen LogP contribution in [0.4, 0.5) is 0 Å². The number of amides is 1. The average Bonchev–Trinajstić information content (AvgIpc) is 3.54. The summed E-state index contributed by atoms with van der Waals surface area (Å²) in [4.78, 5) is 41.8. The van der Waals surface area contributed by atoms with Crippen LogP contribution in [0.15, 0.2) is 42.3 Å². The molecule has 8 heteroatoms.